The number of para-hydroxylation sites is 1. The molecule has 18 heavy (non-hydrogen) atoms. The molecule has 0 aromatic heterocycles. The highest BCUT2D eigenvalue weighted by atomic mass is 14.9. The van der Waals surface area contributed by atoms with Gasteiger partial charge in [0, 0.05) is 23.1 Å². The van der Waals surface area contributed by atoms with Gasteiger partial charge < -0.3 is 10.6 Å². The summed E-state index contributed by atoms with van der Waals surface area (Å²) in [7, 11) is 0. The summed E-state index contributed by atoms with van der Waals surface area (Å²) in [6.07, 6.45) is 1.13. The van der Waals surface area contributed by atoms with Crippen molar-refractivity contribution in [3.8, 4) is 0 Å². The van der Waals surface area contributed by atoms with Crippen LogP contribution in [0.15, 0.2) is 54.6 Å². The lowest BCUT2D eigenvalue weighted by Gasteiger charge is -2.13. The van der Waals surface area contributed by atoms with Gasteiger partial charge in [0.25, 0.3) is 0 Å². The molecule has 0 aliphatic carbocycles. The first-order valence-corrected chi connectivity index (χ1v) is 6.46. The Kier molecular flexibility index (Phi) is 4.24. The van der Waals surface area contributed by atoms with E-state index in [1.165, 1.54) is 5.69 Å². The molecular weight excluding hydrogens is 220 g/mol. The van der Waals surface area contributed by atoms with Crippen LogP contribution in [0.25, 0.3) is 0 Å². The summed E-state index contributed by atoms with van der Waals surface area (Å²) in [6, 6.07) is 19.1. The maximum absolute atomic E-state index is 3.45. The monoisotopic (exact) mass is 240 g/mol. The van der Waals surface area contributed by atoms with Gasteiger partial charge >= 0.3 is 0 Å². The first kappa shape index (κ1) is 12.5. The van der Waals surface area contributed by atoms with Crippen LogP contribution in [-0.4, -0.2) is 6.04 Å². The van der Waals surface area contributed by atoms with Crippen molar-refractivity contribution in [2.45, 2.75) is 26.3 Å². The predicted octanol–water partition coefficient (Wildman–Crippen LogP) is 4.64. The molecule has 2 aromatic carbocycles. The van der Waals surface area contributed by atoms with Gasteiger partial charge in [0.1, 0.15) is 0 Å². The second-order valence-corrected chi connectivity index (χ2v) is 4.52. The summed E-state index contributed by atoms with van der Waals surface area (Å²) in [4.78, 5) is 0. The molecule has 0 saturated heterocycles. The molecule has 0 heterocycles. The van der Waals surface area contributed by atoms with E-state index >= 15 is 0 Å². The van der Waals surface area contributed by atoms with Crippen molar-refractivity contribution in [3.63, 3.8) is 0 Å². The summed E-state index contributed by atoms with van der Waals surface area (Å²) in [5.41, 5.74) is 3.39. The third kappa shape index (κ3) is 3.52. The second kappa shape index (κ2) is 6.10. The summed E-state index contributed by atoms with van der Waals surface area (Å²) in [5, 5.41) is 6.83. The van der Waals surface area contributed by atoms with Crippen LogP contribution in [0.2, 0.25) is 0 Å². The SMILES string of the molecule is CCC(C)Nc1ccc(Nc2ccccc2)cc1. The van der Waals surface area contributed by atoms with Gasteiger partial charge in [0.05, 0.1) is 0 Å². The van der Waals surface area contributed by atoms with Gasteiger partial charge in [-0.25, -0.2) is 0 Å². The molecule has 0 spiro atoms. The number of nitrogens with one attached hydrogen (secondary N) is 2. The van der Waals surface area contributed by atoms with Gasteiger partial charge in [0.2, 0.25) is 0 Å². The quantitative estimate of drug-likeness (QED) is 0.795. The molecule has 0 amide bonds. The molecule has 2 aromatic rings. The molecule has 2 N–H and O–H groups in total. The number of anilines is 3. The van der Waals surface area contributed by atoms with Crippen LogP contribution < -0.4 is 10.6 Å². The summed E-state index contributed by atoms with van der Waals surface area (Å²) < 4.78 is 0. The van der Waals surface area contributed by atoms with Crippen LogP contribution >= 0.6 is 0 Å². The smallest absolute Gasteiger partial charge is 0.0385 e. The van der Waals surface area contributed by atoms with Crippen molar-refractivity contribution in [2.24, 2.45) is 0 Å². The highest BCUT2D eigenvalue weighted by molar-refractivity contribution is 5.62. The molecule has 2 heteroatoms. The minimum absolute atomic E-state index is 0.512. The van der Waals surface area contributed by atoms with Crippen LogP contribution in [-0.2, 0) is 0 Å². The van der Waals surface area contributed by atoms with Crippen molar-refractivity contribution >= 4 is 17.1 Å². The first-order valence-electron chi connectivity index (χ1n) is 6.46. The summed E-state index contributed by atoms with van der Waals surface area (Å²) in [6.45, 7) is 4.37. The van der Waals surface area contributed by atoms with E-state index in [2.05, 4.69) is 60.9 Å². The van der Waals surface area contributed by atoms with E-state index in [9.17, 15) is 0 Å². The Balaban J connectivity index is 2.00. The van der Waals surface area contributed by atoms with Gasteiger partial charge in [-0.3, -0.25) is 0 Å². The van der Waals surface area contributed by atoms with E-state index in [0.29, 0.717) is 6.04 Å². The lowest BCUT2D eigenvalue weighted by Crippen LogP contribution is -2.13. The van der Waals surface area contributed by atoms with Crippen molar-refractivity contribution in [2.75, 3.05) is 10.6 Å². The zero-order chi connectivity index (χ0) is 12.8. The minimum Gasteiger partial charge on any atom is -0.383 e. The van der Waals surface area contributed by atoms with Crippen molar-refractivity contribution < 1.29 is 0 Å². The Bertz CT molecular complexity index is 462. The molecule has 0 saturated carbocycles. The molecule has 0 aliphatic rings. The lowest BCUT2D eigenvalue weighted by atomic mass is 10.2. The van der Waals surface area contributed by atoms with Crippen LogP contribution in [0.5, 0.6) is 0 Å². The van der Waals surface area contributed by atoms with Crippen molar-refractivity contribution in [1.82, 2.24) is 0 Å². The van der Waals surface area contributed by atoms with E-state index in [1.54, 1.807) is 0 Å². The van der Waals surface area contributed by atoms with Gasteiger partial charge in [-0.05, 0) is 49.7 Å². The van der Waals surface area contributed by atoms with E-state index in [1.807, 2.05) is 18.2 Å². The molecule has 2 nitrogen and oxygen atoms in total. The Morgan fingerprint density at radius 1 is 0.833 bits per heavy atom. The van der Waals surface area contributed by atoms with Crippen molar-refractivity contribution in [3.05, 3.63) is 54.6 Å². The van der Waals surface area contributed by atoms with E-state index < -0.39 is 0 Å². The van der Waals surface area contributed by atoms with E-state index in [0.717, 1.165) is 17.8 Å². The standard InChI is InChI=1S/C16H20N2/c1-3-13(2)17-15-9-11-16(12-10-15)18-14-7-5-4-6-8-14/h4-13,17-18H,3H2,1-2H3. The molecule has 0 aliphatic heterocycles. The number of hydrogen-bond acceptors (Lipinski definition) is 2. The molecule has 94 valence electrons. The predicted molar refractivity (Wildman–Crippen MR) is 79.5 cm³/mol. The molecule has 0 fully saturated rings. The molecule has 0 bridgehead atoms. The zero-order valence-electron chi connectivity index (χ0n) is 11.0. The Labute approximate surface area is 109 Å². The third-order valence-corrected chi connectivity index (χ3v) is 2.97. The topological polar surface area (TPSA) is 24.1 Å². The molecule has 1 atom stereocenters. The van der Waals surface area contributed by atoms with Crippen LogP contribution in [0.3, 0.4) is 0 Å². The first-order chi connectivity index (χ1) is 8.78. The van der Waals surface area contributed by atoms with Gasteiger partial charge in [-0.2, -0.15) is 0 Å². The number of benzene rings is 2. The normalized spacial score (nSPS) is 11.9. The second-order valence-electron chi connectivity index (χ2n) is 4.52. The highest BCUT2D eigenvalue weighted by Crippen LogP contribution is 2.19. The molecule has 0 radical (unpaired) electrons. The molecule has 2 rings (SSSR count). The maximum atomic E-state index is 3.45. The fourth-order valence-electron chi connectivity index (χ4n) is 1.72. The van der Waals surface area contributed by atoms with Crippen LogP contribution in [0.4, 0.5) is 17.1 Å². The summed E-state index contributed by atoms with van der Waals surface area (Å²) in [5.74, 6) is 0. The molecule has 1 unspecified atom stereocenters. The van der Waals surface area contributed by atoms with Crippen LogP contribution in [0.1, 0.15) is 20.3 Å². The fraction of sp³-hybridized carbons (Fsp3) is 0.250. The Morgan fingerprint density at radius 3 is 2.00 bits per heavy atom. The zero-order valence-corrected chi connectivity index (χ0v) is 11.0. The number of hydrogen-bond donors (Lipinski definition) is 2. The largest absolute Gasteiger partial charge is 0.383 e. The Hall–Kier alpha value is -1.96. The summed E-state index contributed by atoms with van der Waals surface area (Å²) >= 11 is 0. The third-order valence-electron chi connectivity index (χ3n) is 2.97. The number of rotatable bonds is 5. The van der Waals surface area contributed by atoms with Gasteiger partial charge in [-0.15, -0.1) is 0 Å². The van der Waals surface area contributed by atoms with E-state index in [4.69, 9.17) is 0 Å². The van der Waals surface area contributed by atoms with Crippen LogP contribution in [0, 0.1) is 0 Å². The van der Waals surface area contributed by atoms with Gasteiger partial charge in [0.15, 0.2) is 0 Å². The van der Waals surface area contributed by atoms with E-state index in [-0.39, 0.29) is 0 Å². The maximum Gasteiger partial charge on any atom is 0.0385 e. The lowest BCUT2D eigenvalue weighted by molar-refractivity contribution is 0.764. The average Bonchev–Trinajstić information content (AvgIpc) is 2.42. The minimum atomic E-state index is 0.512. The molecular formula is C16H20N2. The average molecular weight is 240 g/mol. The van der Waals surface area contributed by atoms with Gasteiger partial charge in [-0.1, -0.05) is 25.1 Å². The van der Waals surface area contributed by atoms with Crippen molar-refractivity contribution in [1.29, 1.82) is 0 Å². The Morgan fingerprint density at radius 2 is 1.39 bits per heavy atom. The highest BCUT2D eigenvalue weighted by Gasteiger charge is 1.99. The fourth-order valence-corrected chi connectivity index (χ4v) is 1.72.